The second-order valence-electron chi connectivity index (χ2n) is 9.75. The molecule has 0 aromatic heterocycles. The Morgan fingerprint density at radius 2 is 1.19 bits per heavy atom. The number of benzene rings is 6. The third-order valence-corrected chi connectivity index (χ3v) is 7.62. The highest BCUT2D eigenvalue weighted by atomic mass is 16.4. The maximum absolute atomic E-state index is 6.82. The predicted molar refractivity (Wildman–Crippen MR) is 155 cm³/mol. The van der Waals surface area contributed by atoms with Gasteiger partial charge >= 0.3 is 6.92 Å². The quantitative estimate of drug-likeness (QED) is 0.243. The molecule has 2 heterocycles. The van der Waals surface area contributed by atoms with Gasteiger partial charge in [-0.2, -0.15) is 0 Å². The van der Waals surface area contributed by atoms with E-state index in [4.69, 9.17) is 4.65 Å². The highest BCUT2D eigenvalue weighted by Crippen LogP contribution is 2.45. The molecule has 3 heteroatoms. The zero-order chi connectivity index (χ0) is 24.3. The molecule has 0 spiro atoms. The van der Waals surface area contributed by atoms with Crippen LogP contribution in [0.5, 0.6) is 5.75 Å². The largest absolute Gasteiger partial charge is 0.551 e. The molecule has 37 heavy (non-hydrogen) atoms. The van der Waals surface area contributed by atoms with Gasteiger partial charge in [0.15, 0.2) is 0 Å². The van der Waals surface area contributed by atoms with Gasteiger partial charge in [0.05, 0.1) is 0 Å². The van der Waals surface area contributed by atoms with Crippen molar-refractivity contribution in [3.05, 3.63) is 133 Å². The van der Waals surface area contributed by atoms with Crippen LogP contribution in [-0.2, 0) is 0 Å². The molecular weight excluding hydrogens is 449 g/mol. The van der Waals surface area contributed by atoms with Gasteiger partial charge in [-0.15, -0.1) is 0 Å². The van der Waals surface area contributed by atoms with Crippen molar-refractivity contribution in [2.75, 3.05) is 4.90 Å². The van der Waals surface area contributed by atoms with Crippen LogP contribution in [0.4, 0.5) is 17.1 Å². The second kappa shape index (κ2) is 7.87. The Balaban J connectivity index is 1.50. The molecule has 0 fully saturated rings. The van der Waals surface area contributed by atoms with Gasteiger partial charge in [-0.05, 0) is 69.3 Å². The smallest absolute Gasteiger partial charge is 0.431 e. The monoisotopic (exact) mass is 471 g/mol. The van der Waals surface area contributed by atoms with Crippen LogP contribution in [0.1, 0.15) is 0 Å². The lowest BCUT2D eigenvalue weighted by Crippen LogP contribution is -2.56. The Morgan fingerprint density at radius 3 is 2.00 bits per heavy atom. The molecule has 0 amide bonds. The highest BCUT2D eigenvalue weighted by molar-refractivity contribution is 6.85. The van der Waals surface area contributed by atoms with Crippen molar-refractivity contribution < 1.29 is 4.65 Å². The maximum atomic E-state index is 6.82. The fraction of sp³-hybridized carbons (Fsp3) is 0. The number of hydrogen-bond acceptors (Lipinski definition) is 2. The van der Waals surface area contributed by atoms with Crippen molar-refractivity contribution >= 4 is 45.7 Å². The summed E-state index contributed by atoms with van der Waals surface area (Å²) in [7, 11) is 0. The van der Waals surface area contributed by atoms with Crippen molar-refractivity contribution in [1.82, 2.24) is 0 Å². The molecule has 0 saturated heterocycles. The van der Waals surface area contributed by atoms with Gasteiger partial charge in [0, 0.05) is 28.1 Å². The lowest BCUT2D eigenvalue weighted by atomic mass is 9.49. The first-order chi connectivity index (χ1) is 18.3. The summed E-state index contributed by atoms with van der Waals surface area (Å²) < 4.78 is 6.82. The maximum Gasteiger partial charge on any atom is 0.431 e. The third-order valence-electron chi connectivity index (χ3n) is 7.62. The van der Waals surface area contributed by atoms with E-state index < -0.39 is 0 Å². The molecule has 2 aliphatic rings. The van der Waals surface area contributed by atoms with Crippen LogP contribution in [0.25, 0.3) is 33.0 Å². The predicted octanol–water partition coefficient (Wildman–Crippen LogP) is 7.46. The van der Waals surface area contributed by atoms with Crippen LogP contribution in [-0.4, -0.2) is 6.92 Å². The number of rotatable bonds is 2. The Morgan fingerprint density at radius 1 is 0.514 bits per heavy atom. The van der Waals surface area contributed by atoms with Crippen molar-refractivity contribution in [3.8, 4) is 28.0 Å². The summed E-state index contributed by atoms with van der Waals surface area (Å²) in [6, 6.07) is 47.7. The summed E-state index contributed by atoms with van der Waals surface area (Å²) in [4.78, 5) is 2.42. The van der Waals surface area contributed by atoms with Crippen LogP contribution in [0.15, 0.2) is 133 Å². The van der Waals surface area contributed by atoms with Gasteiger partial charge in [-0.1, -0.05) is 97.1 Å². The summed E-state index contributed by atoms with van der Waals surface area (Å²) in [6.07, 6.45) is 0. The standard InChI is InChI=1S/C34H22BNO/c1-3-11-23(12-4-1)26-19-29-28-17-9-10-18-33(28)37-35-30-20-24-13-7-8-14-25(24)21-31(30)36(32(22-26)34(29)35)27-15-5-2-6-16-27/h1-22H. The summed E-state index contributed by atoms with van der Waals surface area (Å²) in [5, 5.41) is 2.45. The minimum Gasteiger partial charge on any atom is -0.551 e. The van der Waals surface area contributed by atoms with Crippen LogP contribution >= 0.6 is 0 Å². The van der Waals surface area contributed by atoms with Crippen molar-refractivity contribution in [2.45, 2.75) is 0 Å². The first-order valence-corrected chi connectivity index (χ1v) is 12.7. The third kappa shape index (κ3) is 3.07. The SMILES string of the molecule is c1ccc(-c2cc3c4c(c2)N(c2ccccc2)c2cc5ccccc5cc2B4Oc2ccccc2-3)cc1. The van der Waals surface area contributed by atoms with E-state index in [9.17, 15) is 0 Å². The summed E-state index contributed by atoms with van der Waals surface area (Å²) in [5.74, 6) is 0.934. The van der Waals surface area contributed by atoms with E-state index in [0.717, 1.165) is 22.7 Å². The van der Waals surface area contributed by atoms with Crippen molar-refractivity contribution in [3.63, 3.8) is 0 Å². The molecule has 6 aromatic carbocycles. The molecular formula is C34H22BNO. The molecule has 0 radical (unpaired) electrons. The van der Waals surface area contributed by atoms with Gasteiger partial charge in [0.25, 0.3) is 0 Å². The van der Waals surface area contributed by atoms with E-state index in [1.165, 1.54) is 44.1 Å². The Bertz CT molecular complexity index is 1810. The Hall–Kier alpha value is -4.76. The zero-order valence-corrected chi connectivity index (χ0v) is 20.1. The number of fused-ring (bicyclic) bond motifs is 5. The lowest BCUT2D eigenvalue weighted by molar-refractivity contribution is 0.590. The molecule has 0 atom stereocenters. The number of anilines is 3. The number of hydrogen-bond donors (Lipinski definition) is 0. The van der Waals surface area contributed by atoms with Crippen LogP contribution in [0, 0.1) is 0 Å². The number of para-hydroxylation sites is 2. The van der Waals surface area contributed by atoms with Gasteiger partial charge in [0.2, 0.25) is 0 Å². The van der Waals surface area contributed by atoms with Crippen LogP contribution in [0.2, 0.25) is 0 Å². The molecule has 172 valence electrons. The Labute approximate surface area is 216 Å². The van der Waals surface area contributed by atoms with E-state index in [0.29, 0.717) is 0 Å². The van der Waals surface area contributed by atoms with Crippen LogP contribution in [0.3, 0.4) is 0 Å². The van der Waals surface area contributed by atoms with Gasteiger partial charge in [-0.25, -0.2) is 0 Å². The van der Waals surface area contributed by atoms with E-state index in [1.807, 2.05) is 0 Å². The highest BCUT2D eigenvalue weighted by Gasteiger charge is 2.42. The molecule has 2 nitrogen and oxygen atoms in total. The zero-order valence-electron chi connectivity index (χ0n) is 20.1. The average Bonchev–Trinajstić information content (AvgIpc) is 2.97. The van der Waals surface area contributed by atoms with Gasteiger partial charge in [-0.3, -0.25) is 0 Å². The minimum atomic E-state index is -0.177. The molecule has 8 rings (SSSR count). The molecule has 0 bridgehead atoms. The Kier molecular flexibility index (Phi) is 4.35. The van der Waals surface area contributed by atoms with Crippen molar-refractivity contribution in [2.24, 2.45) is 0 Å². The topological polar surface area (TPSA) is 12.5 Å². The van der Waals surface area contributed by atoms with E-state index in [2.05, 4.69) is 138 Å². The second-order valence-corrected chi connectivity index (χ2v) is 9.75. The van der Waals surface area contributed by atoms with Gasteiger partial charge < -0.3 is 9.55 Å². The minimum absolute atomic E-state index is 0.177. The lowest BCUT2D eigenvalue weighted by Gasteiger charge is -2.40. The molecule has 0 saturated carbocycles. The van der Waals surface area contributed by atoms with Crippen molar-refractivity contribution in [1.29, 1.82) is 0 Å². The molecule has 2 aliphatic heterocycles. The van der Waals surface area contributed by atoms with E-state index >= 15 is 0 Å². The first kappa shape index (κ1) is 20.4. The first-order valence-electron chi connectivity index (χ1n) is 12.7. The summed E-state index contributed by atoms with van der Waals surface area (Å²) >= 11 is 0. The normalized spacial score (nSPS) is 13.0. The fourth-order valence-electron chi connectivity index (χ4n) is 5.95. The van der Waals surface area contributed by atoms with Crippen LogP contribution < -0.4 is 20.5 Å². The summed E-state index contributed by atoms with van der Waals surface area (Å²) in [6.45, 7) is -0.177. The van der Waals surface area contributed by atoms with E-state index in [-0.39, 0.29) is 6.92 Å². The fourth-order valence-corrected chi connectivity index (χ4v) is 5.95. The molecule has 6 aromatic rings. The summed E-state index contributed by atoms with van der Waals surface area (Å²) in [5.41, 5.74) is 10.7. The molecule has 0 unspecified atom stereocenters. The van der Waals surface area contributed by atoms with Gasteiger partial charge in [0.1, 0.15) is 5.75 Å². The number of nitrogens with zero attached hydrogens (tertiary/aromatic N) is 1. The molecule has 0 aliphatic carbocycles. The molecule has 0 N–H and O–H groups in total. The average molecular weight is 471 g/mol. The van der Waals surface area contributed by atoms with E-state index in [1.54, 1.807) is 0 Å².